The molecule has 2 nitrogen and oxygen atoms in total. The molecule has 0 saturated carbocycles. The summed E-state index contributed by atoms with van der Waals surface area (Å²) in [5.41, 5.74) is 1.58. The normalized spacial score (nSPS) is 20.0. The summed E-state index contributed by atoms with van der Waals surface area (Å²) in [5.74, 6) is 0. The fraction of sp³-hybridized carbons (Fsp3) is 0.733. The van der Waals surface area contributed by atoms with Crippen molar-refractivity contribution >= 4 is 11.3 Å². The van der Waals surface area contributed by atoms with Crippen LogP contribution < -0.4 is 5.32 Å². The van der Waals surface area contributed by atoms with Gasteiger partial charge in [-0.2, -0.15) is 0 Å². The summed E-state index contributed by atoms with van der Waals surface area (Å²) in [6, 6.07) is 2.95. The minimum Gasteiger partial charge on any atom is -0.317 e. The van der Waals surface area contributed by atoms with Gasteiger partial charge in [0.05, 0.1) is 0 Å². The molecule has 0 amide bonds. The first-order chi connectivity index (χ1) is 8.83. The third-order valence-electron chi connectivity index (χ3n) is 3.88. The van der Waals surface area contributed by atoms with Crippen molar-refractivity contribution in [3.8, 4) is 0 Å². The second-order valence-electron chi connectivity index (χ2n) is 5.22. The van der Waals surface area contributed by atoms with Gasteiger partial charge in [-0.25, -0.2) is 0 Å². The number of hydrogen-bond donors (Lipinski definition) is 1. The van der Waals surface area contributed by atoms with Gasteiger partial charge in [0.2, 0.25) is 0 Å². The van der Waals surface area contributed by atoms with Crippen molar-refractivity contribution in [1.29, 1.82) is 0 Å². The van der Waals surface area contributed by atoms with E-state index in [4.69, 9.17) is 0 Å². The Morgan fingerprint density at radius 1 is 1.39 bits per heavy atom. The Hall–Kier alpha value is -0.380. The number of thiophene rings is 1. The standard InChI is InChI=1S/C15H26N2S/c1-3-8-16-9-4-5-10-17-11-6-15-14(13(17)2)7-12-18-15/h7,12-13,16H,3-6,8-11H2,1-2H3. The molecule has 0 bridgehead atoms. The maximum atomic E-state index is 3.48. The van der Waals surface area contributed by atoms with E-state index in [2.05, 4.69) is 35.5 Å². The van der Waals surface area contributed by atoms with Gasteiger partial charge in [0.25, 0.3) is 0 Å². The zero-order valence-corrected chi connectivity index (χ0v) is 12.6. The summed E-state index contributed by atoms with van der Waals surface area (Å²) in [5, 5.41) is 5.73. The van der Waals surface area contributed by atoms with E-state index in [1.165, 1.54) is 51.9 Å². The second-order valence-corrected chi connectivity index (χ2v) is 6.22. The van der Waals surface area contributed by atoms with E-state index in [9.17, 15) is 0 Å². The summed E-state index contributed by atoms with van der Waals surface area (Å²) in [4.78, 5) is 4.26. The topological polar surface area (TPSA) is 15.3 Å². The molecule has 2 heterocycles. The molecule has 1 aliphatic rings. The molecule has 1 atom stereocenters. The Balaban J connectivity index is 1.68. The van der Waals surface area contributed by atoms with E-state index in [0.29, 0.717) is 6.04 Å². The van der Waals surface area contributed by atoms with E-state index >= 15 is 0 Å². The van der Waals surface area contributed by atoms with Crippen molar-refractivity contribution in [2.24, 2.45) is 0 Å². The number of unbranched alkanes of at least 4 members (excludes halogenated alkanes) is 1. The summed E-state index contributed by atoms with van der Waals surface area (Å²) in [7, 11) is 0. The highest BCUT2D eigenvalue weighted by molar-refractivity contribution is 7.10. The summed E-state index contributed by atoms with van der Waals surface area (Å²) in [6.45, 7) is 9.43. The molecule has 0 aliphatic carbocycles. The number of nitrogens with one attached hydrogen (secondary N) is 1. The van der Waals surface area contributed by atoms with E-state index in [0.717, 1.165) is 0 Å². The Labute approximate surface area is 115 Å². The van der Waals surface area contributed by atoms with Crippen LogP contribution in [0.3, 0.4) is 0 Å². The van der Waals surface area contributed by atoms with Gasteiger partial charge in [0.15, 0.2) is 0 Å². The summed E-state index contributed by atoms with van der Waals surface area (Å²) < 4.78 is 0. The van der Waals surface area contributed by atoms with E-state index in [1.54, 1.807) is 10.4 Å². The Morgan fingerprint density at radius 2 is 2.28 bits per heavy atom. The van der Waals surface area contributed by atoms with Gasteiger partial charge in [-0.3, -0.25) is 4.90 Å². The van der Waals surface area contributed by atoms with Gasteiger partial charge in [0.1, 0.15) is 0 Å². The zero-order valence-electron chi connectivity index (χ0n) is 11.7. The van der Waals surface area contributed by atoms with Gasteiger partial charge in [0, 0.05) is 17.5 Å². The lowest BCUT2D eigenvalue weighted by Gasteiger charge is -2.33. The van der Waals surface area contributed by atoms with Crippen molar-refractivity contribution in [3.63, 3.8) is 0 Å². The molecule has 3 heteroatoms. The van der Waals surface area contributed by atoms with Crippen molar-refractivity contribution in [1.82, 2.24) is 10.2 Å². The van der Waals surface area contributed by atoms with Crippen LogP contribution in [0.2, 0.25) is 0 Å². The highest BCUT2D eigenvalue weighted by Gasteiger charge is 2.23. The molecule has 0 fully saturated rings. The maximum absolute atomic E-state index is 3.48. The average molecular weight is 266 g/mol. The average Bonchev–Trinajstić information content (AvgIpc) is 2.85. The molecule has 0 saturated heterocycles. The lowest BCUT2D eigenvalue weighted by molar-refractivity contribution is 0.196. The van der Waals surface area contributed by atoms with E-state index < -0.39 is 0 Å². The molecule has 0 spiro atoms. The van der Waals surface area contributed by atoms with Crippen LogP contribution >= 0.6 is 11.3 Å². The molecule has 2 rings (SSSR count). The first-order valence-corrected chi connectivity index (χ1v) is 8.22. The highest BCUT2D eigenvalue weighted by atomic mass is 32.1. The van der Waals surface area contributed by atoms with Crippen LogP contribution in [0.15, 0.2) is 11.4 Å². The van der Waals surface area contributed by atoms with Gasteiger partial charge in [-0.05, 0) is 69.3 Å². The van der Waals surface area contributed by atoms with Crippen LogP contribution in [-0.2, 0) is 6.42 Å². The lowest BCUT2D eigenvalue weighted by atomic mass is 10.0. The molecular formula is C15H26N2S. The fourth-order valence-electron chi connectivity index (χ4n) is 2.73. The van der Waals surface area contributed by atoms with Crippen LogP contribution in [0.25, 0.3) is 0 Å². The van der Waals surface area contributed by atoms with Crippen molar-refractivity contribution in [2.45, 2.75) is 45.6 Å². The Morgan fingerprint density at radius 3 is 3.11 bits per heavy atom. The molecule has 0 radical (unpaired) electrons. The van der Waals surface area contributed by atoms with Crippen LogP contribution in [0.5, 0.6) is 0 Å². The van der Waals surface area contributed by atoms with Crippen molar-refractivity contribution in [3.05, 3.63) is 21.9 Å². The van der Waals surface area contributed by atoms with Gasteiger partial charge in [-0.1, -0.05) is 6.92 Å². The Bertz CT molecular complexity index is 348. The van der Waals surface area contributed by atoms with Crippen LogP contribution in [0.4, 0.5) is 0 Å². The monoisotopic (exact) mass is 266 g/mol. The lowest BCUT2D eigenvalue weighted by Crippen LogP contribution is -2.34. The summed E-state index contributed by atoms with van der Waals surface area (Å²) >= 11 is 1.93. The first-order valence-electron chi connectivity index (χ1n) is 7.34. The molecular weight excluding hydrogens is 240 g/mol. The molecule has 1 aliphatic heterocycles. The first kappa shape index (κ1) is 14.0. The van der Waals surface area contributed by atoms with Crippen molar-refractivity contribution < 1.29 is 0 Å². The fourth-order valence-corrected chi connectivity index (χ4v) is 3.70. The van der Waals surface area contributed by atoms with Crippen LogP contribution in [0.1, 0.15) is 49.6 Å². The number of fused-ring (bicyclic) bond motifs is 1. The SMILES string of the molecule is CCCNCCCCN1CCc2sccc2C1C. The number of rotatable bonds is 7. The van der Waals surface area contributed by atoms with E-state index in [1.807, 2.05) is 11.3 Å². The van der Waals surface area contributed by atoms with Gasteiger partial charge < -0.3 is 5.32 Å². The molecule has 1 N–H and O–H groups in total. The minimum atomic E-state index is 0.628. The zero-order chi connectivity index (χ0) is 12.8. The molecule has 102 valence electrons. The third-order valence-corrected chi connectivity index (χ3v) is 4.88. The molecule has 0 aromatic carbocycles. The largest absolute Gasteiger partial charge is 0.317 e. The third kappa shape index (κ3) is 3.56. The quantitative estimate of drug-likeness (QED) is 0.761. The summed E-state index contributed by atoms with van der Waals surface area (Å²) in [6.07, 6.45) is 5.12. The molecule has 1 aromatic rings. The van der Waals surface area contributed by atoms with Gasteiger partial charge in [-0.15, -0.1) is 11.3 Å². The van der Waals surface area contributed by atoms with Crippen LogP contribution in [-0.4, -0.2) is 31.1 Å². The van der Waals surface area contributed by atoms with Crippen molar-refractivity contribution in [2.75, 3.05) is 26.2 Å². The smallest absolute Gasteiger partial charge is 0.0331 e. The minimum absolute atomic E-state index is 0.628. The van der Waals surface area contributed by atoms with Crippen LogP contribution in [0, 0.1) is 0 Å². The molecule has 1 aromatic heterocycles. The number of nitrogens with zero attached hydrogens (tertiary/aromatic N) is 1. The Kier molecular flexibility index (Phi) is 5.67. The predicted octanol–water partition coefficient (Wildman–Crippen LogP) is 3.45. The van der Waals surface area contributed by atoms with Gasteiger partial charge >= 0.3 is 0 Å². The molecule has 1 unspecified atom stereocenters. The second kappa shape index (κ2) is 7.27. The van der Waals surface area contributed by atoms with E-state index in [-0.39, 0.29) is 0 Å². The predicted molar refractivity (Wildman–Crippen MR) is 80.4 cm³/mol. The maximum Gasteiger partial charge on any atom is 0.0331 e. The molecule has 18 heavy (non-hydrogen) atoms. The highest BCUT2D eigenvalue weighted by Crippen LogP contribution is 2.32. The number of hydrogen-bond acceptors (Lipinski definition) is 3.